The van der Waals surface area contributed by atoms with Gasteiger partial charge in [0.05, 0.1) is 0 Å². The number of benzene rings is 1. The van der Waals surface area contributed by atoms with Crippen molar-refractivity contribution in [1.82, 2.24) is 0 Å². The van der Waals surface area contributed by atoms with Crippen LogP contribution in [0.5, 0.6) is 0 Å². The molecule has 0 aromatic heterocycles. The van der Waals surface area contributed by atoms with Gasteiger partial charge in [-0.2, -0.15) is 8.78 Å². The quantitative estimate of drug-likeness (QED) is 0.751. The molecule has 0 N–H and O–H groups in total. The zero-order valence-corrected chi connectivity index (χ0v) is 10.9. The molecule has 1 aliphatic carbocycles. The molecule has 0 saturated heterocycles. The third-order valence-electron chi connectivity index (χ3n) is 3.89. The van der Waals surface area contributed by atoms with Gasteiger partial charge in [-0.1, -0.05) is 62.4 Å². The van der Waals surface area contributed by atoms with Crippen molar-refractivity contribution in [2.24, 2.45) is 5.92 Å². The molecular weight excluding hydrogens is 246 g/mol. The van der Waals surface area contributed by atoms with Gasteiger partial charge in [0.1, 0.15) is 11.7 Å². The van der Waals surface area contributed by atoms with E-state index in [1.807, 2.05) is 0 Å². The molecule has 0 aliphatic heterocycles. The lowest BCUT2D eigenvalue weighted by atomic mass is 9.82. The number of halogens is 2. The molecule has 2 rings (SSSR count). The Kier molecular flexibility index (Phi) is 5.06. The van der Waals surface area contributed by atoms with Crippen molar-refractivity contribution >= 4 is 5.78 Å². The molecule has 0 spiro atoms. The van der Waals surface area contributed by atoms with E-state index in [1.165, 1.54) is 6.42 Å². The highest BCUT2D eigenvalue weighted by atomic mass is 19.3. The molecule has 1 fully saturated rings. The normalized spacial score (nSPS) is 18.5. The Morgan fingerprint density at radius 2 is 1.74 bits per heavy atom. The van der Waals surface area contributed by atoms with E-state index < -0.39 is 12.3 Å². The van der Waals surface area contributed by atoms with Gasteiger partial charge in [0.2, 0.25) is 0 Å². The summed E-state index contributed by atoms with van der Waals surface area (Å²) in [6.07, 6.45) is 3.95. The first-order valence-electron chi connectivity index (χ1n) is 6.94. The van der Waals surface area contributed by atoms with Crippen molar-refractivity contribution in [3.05, 3.63) is 42.3 Å². The van der Waals surface area contributed by atoms with Crippen LogP contribution in [-0.2, 0) is 4.79 Å². The van der Waals surface area contributed by atoms with E-state index in [4.69, 9.17) is 0 Å². The summed E-state index contributed by atoms with van der Waals surface area (Å²) < 4.78 is 26.2. The first-order valence-corrected chi connectivity index (χ1v) is 6.94. The number of carbonyl (C=O) groups excluding carboxylic acids is 1. The number of ketones is 1. The Morgan fingerprint density at radius 1 is 1.11 bits per heavy atom. The first-order chi connectivity index (χ1) is 9.18. The molecule has 0 amide bonds. The van der Waals surface area contributed by atoms with E-state index in [2.05, 4.69) is 0 Å². The van der Waals surface area contributed by atoms with Crippen LogP contribution < -0.4 is 0 Å². The van der Waals surface area contributed by atoms with E-state index in [-0.39, 0.29) is 12.2 Å². The van der Waals surface area contributed by atoms with Crippen LogP contribution in [0.4, 0.5) is 8.78 Å². The fraction of sp³-hybridized carbons (Fsp3) is 0.500. The largest absolute Gasteiger partial charge is 0.324 e. The van der Waals surface area contributed by atoms with E-state index >= 15 is 0 Å². The Hall–Kier alpha value is -1.25. The van der Waals surface area contributed by atoms with Crippen molar-refractivity contribution in [2.75, 3.05) is 0 Å². The summed E-state index contributed by atoms with van der Waals surface area (Å²) in [6.45, 7) is 0. The summed E-state index contributed by atoms with van der Waals surface area (Å²) in [5, 5.41) is 0. The lowest BCUT2D eigenvalue weighted by Gasteiger charge is -2.23. The number of Topliss-reactive ketones (excluding diaryl/α,β-unsaturated/α-hetero) is 1. The van der Waals surface area contributed by atoms with Crippen LogP contribution in [-0.4, -0.2) is 5.78 Å². The van der Waals surface area contributed by atoms with Gasteiger partial charge in [-0.3, -0.25) is 4.79 Å². The maximum Gasteiger partial charge on any atom is 0.324 e. The zero-order valence-electron chi connectivity index (χ0n) is 10.9. The third kappa shape index (κ3) is 3.85. The maximum absolute atomic E-state index is 13.1. The minimum atomic E-state index is -1.79. The van der Waals surface area contributed by atoms with Crippen LogP contribution in [0.25, 0.3) is 0 Å². The third-order valence-corrected chi connectivity index (χ3v) is 3.89. The van der Waals surface area contributed by atoms with Crippen molar-refractivity contribution in [2.45, 2.75) is 44.4 Å². The Labute approximate surface area is 113 Å². The van der Waals surface area contributed by atoms with Crippen molar-refractivity contribution < 1.29 is 13.6 Å². The van der Waals surface area contributed by atoms with Crippen molar-refractivity contribution in [3.63, 3.8) is 0 Å². The minimum Gasteiger partial charge on any atom is -0.299 e. The number of carbonyl (C=O) groups is 1. The molecule has 1 atom stereocenters. The van der Waals surface area contributed by atoms with Crippen LogP contribution in [0.1, 0.15) is 50.0 Å². The Bertz CT molecular complexity index is 396. The molecule has 1 aliphatic rings. The van der Waals surface area contributed by atoms with Crippen LogP contribution in [0, 0.1) is 12.3 Å². The predicted molar refractivity (Wildman–Crippen MR) is 70.8 cm³/mol. The van der Waals surface area contributed by atoms with Gasteiger partial charge < -0.3 is 0 Å². The zero-order chi connectivity index (χ0) is 13.7. The van der Waals surface area contributed by atoms with Gasteiger partial charge in [-0.15, -0.1) is 0 Å². The minimum absolute atomic E-state index is 0.289. The monoisotopic (exact) mass is 265 g/mol. The molecule has 1 nitrogen and oxygen atoms in total. The molecule has 1 saturated carbocycles. The second-order valence-corrected chi connectivity index (χ2v) is 5.31. The average Bonchev–Trinajstić information content (AvgIpc) is 2.40. The molecule has 1 aromatic rings. The summed E-state index contributed by atoms with van der Waals surface area (Å²) in [6, 6.07) is 8.35. The topological polar surface area (TPSA) is 17.1 Å². The van der Waals surface area contributed by atoms with Crippen LogP contribution in [0.15, 0.2) is 30.3 Å². The van der Waals surface area contributed by atoms with Gasteiger partial charge in [0.15, 0.2) is 0 Å². The number of rotatable bonds is 5. The second-order valence-electron chi connectivity index (χ2n) is 5.31. The van der Waals surface area contributed by atoms with Crippen molar-refractivity contribution in [1.29, 1.82) is 0 Å². The highest BCUT2D eigenvalue weighted by Crippen LogP contribution is 2.34. The highest BCUT2D eigenvalue weighted by Gasteiger charge is 2.33. The number of hydrogen-bond acceptors (Lipinski definition) is 1. The van der Waals surface area contributed by atoms with Gasteiger partial charge in [-0.05, 0) is 11.5 Å². The standard InChI is InChI=1S/C16H19F2O/c17-16(18)15(13-9-5-2-6-10-13)14(19)11-12-7-3-1-4-8-12/h2,5-6,9-10,12,15H,1,3-4,7-8,11H2. The molecule has 19 heavy (non-hydrogen) atoms. The SMILES string of the molecule is O=C(CC1CCCCC1)C([C](F)F)c1ccccc1. The van der Waals surface area contributed by atoms with Gasteiger partial charge >= 0.3 is 6.43 Å². The van der Waals surface area contributed by atoms with E-state index in [0.717, 1.165) is 25.7 Å². The summed E-state index contributed by atoms with van der Waals surface area (Å²) in [7, 11) is 0. The molecule has 1 radical (unpaired) electrons. The van der Waals surface area contributed by atoms with Gasteiger partial charge in [-0.25, -0.2) is 0 Å². The molecule has 3 heteroatoms. The summed E-state index contributed by atoms with van der Waals surface area (Å²) in [5.74, 6) is -1.37. The lowest BCUT2D eigenvalue weighted by Crippen LogP contribution is -2.20. The van der Waals surface area contributed by atoms with E-state index in [0.29, 0.717) is 11.5 Å². The fourth-order valence-corrected chi connectivity index (χ4v) is 2.87. The highest BCUT2D eigenvalue weighted by molar-refractivity contribution is 5.87. The van der Waals surface area contributed by atoms with Crippen LogP contribution in [0.2, 0.25) is 0 Å². The molecule has 1 aromatic carbocycles. The van der Waals surface area contributed by atoms with Gasteiger partial charge in [0, 0.05) is 6.42 Å². The van der Waals surface area contributed by atoms with E-state index in [9.17, 15) is 13.6 Å². The smallest absolute Gasteiger partial charge is 0.299 e. The van der Waals surface area contributed by atoms with Crippen molar-refractivity contribution in [3.8, 4) is 0 Å². The Morgan fingerprint density at radius 3 is 2.32 bits per heavy atom. The molecule has 0 heterocycles. The lowest BCUT2D eigenvalue weighted by molar-refractivity contribution is -0.122. The molecule has 1 unspecified atom stereocenters. The number of hydrogen-bond donors (Lipinski definition) is 0. The summed E-state index contributed by atoms with van der Waals surface area (Å²) in [5.41, 5.74) is 0.406. The first kappa shape index (κ1) is 14.2. The predicted octanol–water partition coefficient (Wildman–Crippen LogP) is 4.74. The van der Waals surface area contributed by atoms with E-state index in [1.54, 1.807) is 30.3 Å². The molecule has 0 bridgehead atoms. The van der Waals surface area contributed by atoms with Crippen LogP contribution >= 0.6 is 0 Å². The van der Waals surface area contributed by atoms with Gasteiger partial charge in [0.25, 0.3) is 0 Å². The summed E-state index contributed by atoms with van der Waals surface area (Å²) in [4.78, 5) is 12.2. The summed E-state index contributed by atoms with van der Waals surface area (Å²) >= 11 is 0. The molecule has 103 valence electrons. The average molecular weight is 265 g/mol. The Balaban J connectivity index is 2.04. The molecular formula is C16H19F2O. The van der Waals surface area contributed by atoms with Crippen LogP contribution in [0.3, 0.4) is 0 Å². The maximum atomic E-state index is 13.1. The fourth-order valence-electron chi connectivity index (χ4n) is 2.87. The second kappa shape index (κ2) is 6.78.